The van der Waals surface area contributed by atoms with Crippen molar-refractivity contribution in [3.8, 4) is 5.88 Å². The molecular weight excluding hydrogens is 322 g/mol. The van der Waals surface area contributed by atoms with Gasteiger partial charge in [-0.05, 0) is 25.1 Å². The zero-order chi connectivity index (χ0) is 17.5. The minimum Gasteiger partial charge on any atom is -0.472 e. The topological polar surface area (TPSA) is 84.6 Å². The van der Waals surface area contributed by atoms with Crippen LogP contribution in [0.1, 0.15) is 35.6 Å². The fourth-order valence-electron chi connectivity index (χ4n) is 2.05. The number of aliphatic hydroxyl groups is 1. The van der Waals surface area contributed by atoms with Crippen LogP contribution in [0.5, 0.6) is 5.88 Å². The molecule has 0 radical (unpaired) electrons. The van der Waals surface area contributed by atoms with Crippen molar-refractivity contribution in [1.29, 1.82) is 0 Å². The van der Waals surface area contributed by atoms with Gasteiger partial charge < -0.3 is 19.6 Å². The maximum Gasteiger partial charge on any atom is 0.272 e. The number of amides is 1. The van der Waals surface area contributed by atoms with E-state index in [4.69, 9.17) is 9.15 Å². The lowest BCUT2D eigenvalue weighted by atomic mass is 10.1. The van der Waals surface area contributed by atoms with Crippen LogP contribution >= 0.6 is 0 Å². The Morgan fingerprint density at radius 3 is 2.79 bits per heavy atom. The van der Waals surface area contributed by atoms with Crippen molar-refractivity contribution < 1.29 is 27.8 Å². The summed E-state index contributed by atoms with van der Waals surface area (Å²) in [6.45, 7) is 0.998. The molecule has 2 aromatic heterocycles. The number of rotatable bonds is 8. The smallest absolute Gasteiger partial charge is 0.272 e. The van der Waals surface area contributed by atoms with Crippen LogP contribution < -0.4 is 10.1 Å². The Labute approximate surface area is 137 Å². The second-order valence-corrected chi connectivity index (χ2v) is 5.23. The maximum absolute atomic E-state index is 12.1. The van der Waals surface area contributed by atoms with Crippen LogP contribution in [0.25, 0.3) is 0 Å². The number of nitrogens with zero attached hydrogens (tertiary/aromatic N) is 1. The third-order valence-electron chi connectivity index (χ3n) is 3.18. The highest BCUT2D eigenvalue weighted by atomic mass is 19.3. The number of alkyl halides is 2. The summed E-state index contributed by atoms with van der Waals surface area (Å²) in [7, 11) is 0. The minimum absolute atomic E-state index is 0.0214. The quantitative estimate of drug-likeness (QED) is 0.771. The second kappa shape index (κ2) is 8.39. The van der Waals surface area contributed by atoms with E-state index >= 15 is 0 Å². The van der Waals surface area contributed by atoms with Gasteiger partial charge in [-0.2, -0.15) is 0 Å². The number of aliphatic hydroxyl groups excluding tert-OH is 1. The number of hydrogen-bond donors (Lipinski definition) is 2. The van der Waals surface area contributed by atoms with Gasteiger partial charge in [0.1, 0.15) is 11.9 Å². The molecule has 8 heteroatoms. The summed E-state index contributed by atoms with van der Waals surface area (Å²) >= 11 is 0. The molecule has 2 rings (SSSR count). The largest absolute Gasteiger partial charge is 0.472 e. The standard InChI is InChI=1S/C16H18F2N2O4/c1-10(7-12(21)13-3-2-6-23-13)20-16(22)11-4-5-15(19-8-11)24-9-14(17)18/h2-6,8,10,12,14,21H,7,9H2,1H3,(H,20,22). The summed E-state index contributed by atoms with van der Waals surface area (Å²) in [5.41, 5.74) is 0.263. The zero-order valence-corrected chi connectivity index (χ0v) is 13.0. The van der Waals surface area contributed by atoms with Gasteiger partial charge in [-0.25, -0.2) is 13.8 Å². The molecule has 2 atom stereocenters. The number of carbonyl (C=O) groups is 1. The van der Waals surface area contributed by atoms with Crippen molar-refractivity contribution in [2.24, 2.45) is 0 Å². The van der Waals surface area contributed by atoms with Crippen molar-refractivity contribution >= 4 is 5.91 Å². The first-order valence-corrected chi connectivity index (χ1v) is 7.35. The molecule has 0 aliphatic carbocycles. The lowest BCUT2D eigenvalue weighted by Gasteiger charge is -2.16. The summed E-state index contributed by atoms with van der Waals surface area (Å²) in [4.78, 5) is 15.9. The van der Waals surface area contributed by atoms with Crippen molar-refractivity contribution in [1.82, 2.24) is 10.3 Å². The molecule has 1 amide bonds. The highest BCUT2D eigenvalue weighted by Crippen LogP contribution is 2.18. The average molecular weight is 340 g/mol. The van der Waals surface area contributed by atoms with Gasteiger partial charge in [0.05, 0.1) is 11.8 Å². The first kappa shape index (κ1) is 17.9. The Kier molecular flexibility index (Phi) is 6.25. The van der Waals surface area contributed by atoms with Gasteiger partial charge in [0.15, 0.2) is 6.61 Å². The van der Waals surface area contributed by atoms with E-state index in [9.17, 15) is 18.7 Å². The van der Waals surface area contributed by atoms with Crippen molar-refractivity contribution in [2.75, 3.05) is 6.61 Å². The van der Waals surface area contributed by atoms with Crippen molar-refractivity contribution in [3.05, 3.63) is 48.0 Å². The van der Waals surface area contributed by atoms with Gasteiger partial charge in [0, 0.05) is 24.7 Å². The van der Waals surface area contributed by atoms with Gasteiger partial charge in [-0.15, -0.1) is 0 Å². The molecule has 0 spiro atoms. The molecule has 0 aliphatic heterocycles. The number of halogens is 2. The minimum atomic E-state index is -2.59. The van der Waals surface area contributed by atoms with Crippen molar-refractivity contribution in [2.45, 2.75) is 31.9 Å². The van der Waals surface area contributed by atoms with Crippen LogP contribution in [0.3, 0.4) is 0 Å². The molecular formula is C16H18F2N2O4. The first-order chi connectivity index (χ1) is 11.5. The Hall–Kier alpha value is -2.48. The Balaban J connectivity index is 1.85. The van der Waals surface area contributed by atoms with E-state index in [1.165, 1.54) is 24.6 Å². The van der Waals surface area contributed by atoms with E-state index in [-0.39, 0.29) is 29.8 Å². The maximum atomic E-state index is 12.1. The van der Waals surface area contributed by atoms with Gasteiger partial charge >= 0.3 is 0 Å². The summed E-state index contributed by atoms with van der Waals surface area (Å²) in [5.74, 6) is 0.0634. The number of nitrogens with one attached hydrogen (secondary N) is 1. The molecule has 0 fully saturated rings. The van der Waals surface area contributed by atoms with Crippen LogP contribution in [-0.4, -0.2) is 35.1 Å². The van der Waals surface area contributed by atoms with E-state index in [1.807, 2.05) is 0 Å². The normalized spacial score (nSPS) is 13.5. The molecule has 0 aliphatic rings. The van der Waals surface area contributed by atoms with Crippen LogP contribution in [0.2, 0.25) is 0 Å². The Bertz CT molecular complexity index is 632. The molecule has 0 saturated heterocycles. The number of aromatic nitrogens is 1. The highest BCUT2D eigenvalue weighted by Gasteiger charge is 2.17. The van der Waals surface area contributed by atoms with Gasteiger partial charge in [-0.3, -0.25) is 4.79 Å². The van der Waals surface area contributed by atoms with E-state index in [0.717, 1.165) is 0 Å². The highest BCUT2D eigenvalue weighted by molar-refractivity contribution is 5.94. The molecule has 2 N–H and O–H groups in total. The number of furan rings is 1. The molecule has 24 heavy (non-hydrogen) atoms. The zero-order valence-electron chi connectivity index (χ0n) is 13.0. The monoisotopic (exact) mass is 340 g/mol. The fraction of sp³-hybridized carbons (Fsp3) is 0.375. The van der Waals surface area contributed by atoms with Crippen molar-refractivity contribution in [3.63, 3.8) is 0 Å². The van der Waals surface area contributed by atoms with E-state index in [1.54, 1.807) is 19.1 Å². The third-order valence-corrected chi connectivity index (χ3v) is 3.18. The summed E-state index contributed by atoms with van der Waals surface area (Å²) in [6.07, 6.45) is -0.422. The van der Waals surface area contributed by atoms with Crippen LogP contribution in [0.4, 0.5) is 8.78 Å². The predicted octanol–water partition coefficient (Wildman–Crippen LogP) is 2.56. The number of carbonyl (C=O) groups excluding carboxylic acids is 1. The molecule has 2 aromatic rings. The van der Waals surface area contributed by atoms with Crippen LogP contribution in [-0.2, 0) is 0 Å². The first-order valence-electron chi connectivity index (χ1n) is 7.35. The molecule has 2 heterocycles. The molecule has 2 unspecified atom stereocenters. The Morgan fingerprint density at radius 1 is 1.42 bits per heavy atom. The molecule has 0 saturated carbocycles. The molecule has 0 aromatic carbocycles. The summed E-state index contributed by atoms with van der Waals surface area (Å²) in [5, 5.41) is 12.7. The van der Waals surface area contributed by atoms with E-state index in [2.05, 4.69) is 10.3 Å². The fourth-order valence-corrected chi connectivity index (χ4v) is 2.05. The third kappa shape index (κ3) is 5.31. The predicted molar refractivity (Wildman–Crippen MR) is 80.9 cm³/mol. The van der Waals surface area contributed by atoms with Gasteiger partial charge in [0.25, 0.3) is 12.3 Å². The second-order valence-electron chi connectivity index (χ2n) is 5.23. The molecule has 6 nitrogen and oxygen atoms in total. The lowest BCUT2D eigenvalue weighted by Crippen LogP contribution is -2.33. The average Bonchev–Trinajstić information content (AvgIpc) is 3.07. The van der Waals surface area contributed by atoms with Gasteiger partial charge in [0.2, 0.25) is 5.88 Å². The van der Waals surface area contributed by atoms with E-state index < -0.39 is 19.1 Å². The lowest BCUT2D eigenvalue weighted by molar-refractivity contribution is 0.0794. The SMILES string of the molecule is CC(CC(O)c1ccco1)NC(=O)c1ccc(OCC(F)F)nc1. The number of pyridine rings is 1. The van der Waals surface area contributed by atoms with Crippen LogP contribution in [0, 0.1) is 0 Å². The number of hydrogen-bond acceptors (Lipinski definition) is 5. The number of ether oxygens (including phenoxy) is 1. The van der Waals surface area contributed by atoms with Gasteiger partial charge in [-0.1, -0.05) is 0 Å². The summed E-state index contributed by atoms with van der Waals surface area (Å²) < 4.78 is 33.9. The van der Waals surface area contributed by atoms with Crippen LogP contribution in [0.15, 0.2) is 41.1 Å². The van der Waals surface area contributed by atoms with E-state index in [0.29, 0.717) is 5.76 Å². The molecule has 0 bridgehead atoms. The Morgan fingerprint density at radius 2 is 2.21 bits per heavy atom. The summed E-state index contributed by atoms with van der Waals surface area (Å²) in [6, 6.07) is 5.79. The molecule has 130 valence electrons.